The van der Waals surface area contributed by atoms with Crippen molar-refractivity contribution in [2.45, 2.75) is 24.7 Å². The summed E-state index contributed by atoms with van der Waals surface area (Å²) in [7, 11) is -3.78. The van der Waals surface area contributed by atoms with Gasteiger partial charge in [-0.3, -0.25) is 9.78 Å². The summed E-state index contributed by atoms with van der Waals surface area (Å²) in [6.45, 7) is 3.65. The number of ether oxygens (including phenoxy) is 1. The van der Waals surface area contributed by atoms with Crippen molar-refractivity contribution in [3.05, 3.63) is 58.7 Å². The fraction of sp³-hybridized carbons (Fsp3) is 0.360. The lowest BCUT2D eigenvalue weighted by Crippen LogP contribution is -2.46. The highest BCUT2D eigenvalue weighted by Gasteiger charge is 2.33. The van der Waals surface area contributed by atoms with E-state index in [1.54, 1.807) is 18.3 Å². The predicted molar refractivity (Wildman–Crippen MR) is 142 cm³/mol. The maximum Gasteiger partial charge on any atom is 0.243 e. The van der Waals surface area contributed by atoms with Crippen molar-refractivity contribution in [2.24, 2.45) is 5.92 Å². The Balaban J connectivity index is 1.33. The number of sulfonamides is 1. The van der Waals surface area contributed by atoms with Crippen molar-refractivity contribution >= 4 is 55.7 Å². The predicted octanol–water partition coefficient (Wildman–Crippen LogP) is 4.57. The number of fused-ring (bicyclic) bond motifs is 1. The minimum Gasteiger partial charge on any atom is -0.492 e. The molecule has 36 heavy (non-hydrogen) atoms. The summed E-state index contributed by atoms with van der Waals surface area (Å²) >= 11 is 12.2. The van der Waals surface area contributed by atoms with Crippen LogP contribution in [0.25, 0.3) is 10.9 Å². The lowest BCUT2D eigenvalue weighted by atomic mass is 9.99. The standard InChI is InChI=1S/C25H28Cl2N4O4S/c1-2-35-24-8-6-19(15-21(24)27)36(33,34)31-13-3-4-17(16-31)25(32)30-12-11-29-22-9-10-28-23-14-18(26)5-7-20(22)23/h5-10,14-15,17H,2-4,11-13,16H2,1H3,(H,28,29)(H,30,32)/t17-/m0/s1. The van der Waals surface area contributed by atoms with Crippen molar-refractivity contribution in [2.75, 3.05) is 38.1 Å². The van der Waals surface area contributed by atoms with Crippen LogP contribution < -0.4 is 15.4 Å². The van der Waals surface area contributed by atoms with Crippen LogP contribution in [-0.2, 0) is 14.8 Å². The number of piperidine rings is 1. The van der Waals surface area contributed by atoms with Gasteiger partial charge in [0.1, 0.15) is 5.75 Å². The lowest BCUT2D eigenvalue weighted by Gasteiger charge is -2.31. The summed E-state index contributed by atoms with van der Waals surface area (Å²) in [5.74, 6) is -0.144. The van der Waals surface area contributed by atoms with E-state index in [2.05, 4.69) is 15.6 Å². The number of amides is 1. The van der Waals surface area contributed by atoms with Gasteiger partial charge >= 0.3 is 0 Å². The van der Waals surface area contributed by atoms with Gasteiger partial charge in [-0.1, -0.05) is 23.2 Å². The van der Waals surface area contributed by atoms with Crippen LogP contribution in [0.2, 0.25) is 10.0 Å². The molecule has 0 unspecified atom stereocenters. The summed E-state index contributed by atoms with van der Waals surface area (Å²) in [6, 6.07) is 11.8. The van der Waals surface area contributed by atoms with E-state index in [0.717, 1.165) is 16.6 Å². The topological polar surface area (TPSA) is 101 Å². The Kier molecular flexibility index (Phi) is 8.56. The van der Waals surface area contributed by atoms with Crippen LogP contribution >= 0.6 is 23.2 Å². The highest BCUT2D eigenvalue weighted by Crippen LogP contribution is 2.30. The second-order valence-electron chi connectivity index (χ2n) is 8.47. The normalized spacial score (nSPS) is 16.6. The molecule has 3 aromatic rings. The zero-order chi connectivity index (χ0) is 25.7. The third-order valence-electron chi connectivity index (χ3n) is 6.04. The Morgan fingerprint density at radius 1 is 1.17 bits per heavy atom. The number of pyridine rings is 1. The number of halogens is 2. The maximum absolute atomic E-state index is 13.2. The largest absolute Gasteiger partial charge is 0.492 e. The first kappa shape index (κ1) is 26.5. The number of hydrogen-bond donors (Lipinski definition) is 2. The molecule has 1 aliphatic heterocycles. The van der Waals surface area contributed by atoms with Gasteiger partial charge in [0.2, 0.25) is 15.9 Å². The van der Waals surface area contributed by atoms with Crippen molar-refractivity contribution in [3.63, 3.8) is 0 Å². The minimum absolute atomic E-state index is 0.0899. The quantitative estimate of drug-likeness (QED) is 0.378. The first-order chi connectivity index (χ1) is 17.3. The van der Waals surface area contributed by atoms with Gasteiger partial charge in [0.25, 0.3) is 0 Å². The zero-order valence-corrected chi connectivity index (χ0v) is 22.2. The Morgan fingerprint density at radius 2 is 2.00 bits per heavy atom. The molecule has 0 bridgehead atoms. The first-order valence-electron chi connectivity index (χ1n) is 11.8. The molecule has 0 spiro atoms. The van der Waals surface area contributed by atoms with Gasteiger partial charge < -0.3 is 15.4 Å². The summed E-state index contributed by atoms with van der Waals surface area (Å²) in [5, 5.41) is 8.03. The average molecular weight is 551 g/mol. The SMILES string of the molecule is CCOc1ccc(S(=O)(=O)N2CCC[C@H](C(=O)NCCNc3ccnc4cc(Cl)ccc34)C2)cc1Cl. The fourth-order valence-electron chi connectivity index (χ4n) is 4.24. The van der Waals surface area contributed by atoms with Crippen LogP contribution in [0, 0.1) is 5.92 Å². The van der Waals surface area contributed by atoms with Crippen LogP contribution in [0.3, 0.4) is 0 Å². The lowest BCUT2D eigenvalue weighted by molar-refractivity contribution is -0.125. The summed E-state index contributed by atoms with van der Waals surface area (Å²) < 4.78 is 33.1. The van der Waals surface area contributed by atoms with Gasteiger partial charge in [0, 0.05) is 48.5 Å². The van der Waals surface area contributed by atoms with Crippen molar-refractivity contribution in [3.8, 4) is 5.75 Å². The number of anilines is 1. The van der Waals surface area contributed by atoms with E-state index in [1.165, 1.54) is 16.4 Å². The van der Waals surface area contributed by atoms with E-state index in [9.17, 15) is 13.2 Å². The summed E-state index contributed by atoms with van der Waals surface area (Å²) in [5.41, 5.74) is 1.68. The van der Waals surface area contributed by atoms with Crippen LogP contribution in [0.1, 0.15) is 19.8 Å². The molecule has 4 rings (SSSR count). The number of aromatic nitrogens is 1. The smallest absolute Gasteiger partial charge is 0.243 e. The molecule has 2 N–H and O–H groups in total. The molecule has 0 saturated carbocycles. The number of benzene rings is 2. The van der Waals surface area contributed by atoms with E-state index in [4.69, 9.17) is 27.9 Å². The van der Waals surface area contributed by atoms with Crippen molar-refractivity contribution < 1.29 is 17.9 Å². The monoisotopic (exact) mass is 550 g/mol. The number of hydrogen-bond acceptors (Lipinski definition) is 6. The molecule has 1 atom stereocenters. The molecule has 2 aromatic carbocycles. The minimum atomic E-state index is -3.78. The van der Waals surface area contributed by atoms with Gasteiger partial charge in [-0.25, -0.2) is 8.42 Å². The third-order valence-corrected chi connectivity index (χ3v) is 8.43. The number of nitrogens with one attached hydrogen (secondary N) is 2. The van der Waals surface area contributed by atoms with Gasteiger partial charge in [-0.05, 0) is 62.2 Å². The highest BCUT2D eigenvalue weighted by molar-refractivity contribution is 7.89. The molecule has 1 aromatic heterocycles. The van der Waals surface area contributed by atoms with Crippen molar-refractivity contribution in [1.29, 1.82) is 0 Å². The van der Waals surface area contributed by atoms with E-state index in [1.807, 2.05) is 25.1 Å². The second kappa shape index (κ2) is 11.6. The van der Waals surface area contributed by atoms with E-state index in [0.29, 0.717) is 49.9 Å². The average Bonchev–Trinajstić information content (AvgIpc) is 2.87. The molecular weight excluding hydrogens is 523 g/mol. The van der Waals surface area contributed by atoms with Crippen LogP contribution in [0.15, 0.2) is 53.6 Å². The number of rotatable bonds is 9. The molecule has 1 amide bonds. The van der Waals surface area contributed by atoms with E-state index < -0.39 is 15.9 Å². The number of carbonyl (C=O) groups excluding carboxylic acids is 1. The van der Waals surface area contributed by atoms with Crippen LogP contribution in [-0.4, -0.2) is 56.4 Å². The molecule has 0 radical (unpaired) electrons. The Labute approximate surface area is 221 Å². The van der Waals surface area contributed by atoms with Crippen LogP contribution in [0.4, 0.5) is 5.69 Å². The molecule has 1 saturated heterocycles. The zero-order valence-electron chi connectivity index (χ0n) is 19.8. The number of nitrogens with zero attached hydrogens (tertiary/aromatic N) is 2. The van der Waals surface area contributed by atoms with Gasteiger partial charge in [-0.15, -0.1) is 0 Å². The maximum atomic E-state index is 13.2. The molecule has 11 heteroatoms. The Bertz CT molecular complexity index is 1350. The molecule has 1 fully saturated rings. The molecule has 2 heterocycles. The Hall–Kier alpha value is -2.59. The summed E-state index contributed by atoms with van der Waals surface area (Å²) in [6.07, 6.45) is 2.94. The summed E-state index contributed by atoms with van der Waals surface area (Å²) in [4.78, 5) is 17.2. The molecule has 192 valence electrons. The van der Waals surface area contributed by atoms with E-state index in [-0.39, 0.29) is 22.4 Å². The van der Waals surface area contributed by atoms with Crippen molar-refractivity contribution in [1.82, 2.24) is 14.6 Å². The van der Waals surface area contributed by atoms with Gasteiger partial charge in [0.05, 0.1) is 28.0 Å². The molecule has 8 nitrogen and oxygen atoms in total. The highest BCUT2D eigenvalue weighted by atomic mass is 35.5. The second-order valence-corrected chi connectivity index (χ2v) is 11.2. The van der Waals surface area contributed by atoms with Gasteiger partial charge in [0.15, 0.2) is 0 Å². The van der Waals surface area contributed by atoms with Gasteiger partial charge in [-0.2, -0.15) is 4.31 Å². The number of carbonyl (C=O) groups is 1. The Morgan fingerprint density at radius 3 is 2.78 bits per heavy atom. The van der Waals surface area contributed by atoms with E-state index >= 15 is 0 Å². The first-order valence-corrected chi connectivity index (χ1v) is 14.0. The van der Waals surface area contributed by atoms with Crippen LogP contribution in [0.5, 0.6) is 5.75 Å². The molecule has 1 aliphatic rings. The molecule has 0 aliphatic carbocycles. The fourth-order valence-corrected chi connectivity index (χ4v) is 6.26. The molecular formula is C25H28Cl2N4O4S. The third kappa shape index (κ3) is 6.03.